The molecule has 1 aliphatic rings. The van der Waals surface area contributed by atoms with E-state index in [1.807, 2.05) is 0 Å². The quantitative estimate of drug-likeness (QED) is 0.585. The van der Waals surface area contributed by atoms with Gasteiger partial charge in [-0.15, -0.1) is 0 Å². The number of amides is 2. The summed E-state index contributed by atoms with van der Waals surface area (Å²) in [4.78, 5) is 46.8. The van der Waals surface area contributed by atoms with Crippen LogP contribution in [0, 0.1) is 0 Å². The molecule has 0 aliphatic carbocycles. The monoisotopic (exact) mass is 300 g/mol. The predicted octanol–water partition coefficient (Wildman–Crippen LogP) is -0.478. The van der Waals surface area contributed by atoms with Crippen LogP contribution < -0.4 is 5.32 Å². The molecule has 1 heterocycles. The van der Waals surface area contributed by atoms with Crippen molar-refractivity contribution >= 4 is 23.8 Å². The third kappa shape index (κ3) is 5.80. The van der Waals surface area contributed by atoms with Crippen LogP contribution in [-0.2, 0) is 23.9 Å². The van der Waals surface area contributed by atoms with Gasteiger partial charge in [0, 0.05) is 19.4 Å². The van der Waals surface area contributed by atoms with Crippen molar-refractivity contribution in [3.05, 3.63) is 0 Å². The van der Waals surface area contributed by atoms with Gasteiger partial charge in [0.05, 0.1) is 13.2 Å². The lowest BCUT2D eigenvalue weighted by molar-refractivity contribution is -0.145. The van der Waals surface area contributed by atoms with E-state index in [9.17, 15) is 19.2 Å². The lowest BCUT2D eigenvalue weighted by Crippen LogP contribution is -2.46. The van der Waals surface area contributed by atoms with Crippen LogP contribution in [0.5, 0.6) is 0 Å². The maximum atomic E-state index is 11.7. The van der Waals surface area contributed by atoms with Crippen LogP contribution in [0.2, 0.25) is 0 Å². The highest BCUT2D eigenvalue weighted by atomic mass is 16.5. The molecule has 1 rings (SSSR count). The van der Waals surface area contributed by atoms with Crippen molar-refractivity contribution in [2.45, 2.75) is 38.6 Å². The van der Waals surface area contributed by atoms with E-state index in [0.717, 1.165) is 0 Å². The molecule has 8 nitrogen and oxygen atoms in total. The number of esters is 1. The highest BCUT2D eigenvalue weighted by molar-refractivity contribution is 5.88. The lowest BCUT2D eigenvalue weighted by atomic mass is 10.1. The third-order valence-corrected chi connectivity index (χ3v) is 3.08. The summed E-state index contributed by atoms with van der Waals surface area (Å²) in [5.41, 5.74) is 0. The molecule has 1 aliphatic heterocycles. The minimum Gasteiger partial charge on any atom is -0.480 e. The van der Waals surface area contributed by atoms with Gasteiger partial charge in [-0.1, -0.05) is 0 Å². The normalized spacial score (nSPS) is 15.7. The van der Waals surface area contributed by atoms with Crippen molar-refractivity contribution in [2.75, 3.05) is 19.7 Å². The van der Waals surface area contributed by atoms with E-state index < -0.39 is 23.9 Å². The van der Waals surface area contributed by atoms with Crippen molar-refractivity contribution < 1.29 is 29.0 Å². The van der Waals surface area contributed by atoms with E-state index in [0.29, 0.717) is 19.4 Å². The Kier molecular flexibility index (Phi) is 6.64. The molecule has 8 heteroatoms. The maximum absolute atomic E-state index is 11.7. The van der Waals surface area contributed by atoms with E-state index in [1.165, 1.54) is 4.90 Å². The van der Waals surface area contributed by atoms with Gasteiger partial charge in [-0.2, -0.15) is 0 Å². The number of carbonyl (C=O) groups is 4. The average Bonchev–Trinajstić information content (AvgIpc) is 2.80. The summed E-state index contributed by atoms with van der Waals surface area (Å²) in [6.45, 7) is 2.23. The number of nitrogens with zero attached hydrogens (tertiary/aromatic N) is 1. The van der Waals surface area contributed by atoms with E-state index in [2.05, 4.69) is 5.32 Å². The first-order valence-electron chi connectivity index (χ1n) is 6.89. The second-order valence-electron chi connectivity index (χ2n) is 4.72. The largest absolute Gasteiger partial charge is 0.480 e. The summed E-state index contributed by atoms with van der Waals surface area (Å²) >= 11 is 0. The number of ether oxygens (including phenoxy) is 1. The number of rotatable bonds is 8. The number of carboxylic acids is 1. The summed E-state index contributed by atoms with van der Waals surface area (Å²) in [6.07, 6.45) is 0.984. The molecule has 0 radical (unpaired) electrons. The topological polar surface area (TPSA) is 113 Å². The summed E-state index contributed by atoms with van der Waals surface area (Å²) in [5, 5.41) is 11.4. The van der Waals surface area contributed by atoms with Crippen molar-refractivity contribution in [3.63, 3.8) is 0 Å². The Balaban J connectivity index is 2.42. The first kappa shape index (κ1) is 16.9. The SMILES string of the molecule is CCOC(=O)CC[C@H](NC(=O)CN1CCCC1=O)C(=O)O. The Morgan fingerprint density at radius 1 is 1.43 bits per heavy atom. The van der Waals surface area contributed by atoms with Gasteiger partial charge in [0.1, 0.15) is 6.04 Å². The van der Waals surface area contributed by atoms with Gasteiger partial charge in [0.25, 0.3) is 0 Å². The molecule has 1 fully saturated rings. The molecular formula is C13H20N2O6. The van der Waals surface area contributed by atoms with Crippen LogP contribution in [0.3, 0.4) is 0 Å². The molecule has 2 N–H and O–H groups in total. The first-order chi connectivity index (χ1) is 9.93. The zero-order chi connectivity index (χ0) is 15.8. The van der Waals surface area contributed by atoms with Crippen LogP contribution in [-0.4, -0.2) is 59.5 Å². The lowest BCUT2D eigenvalue weighted by Gasteiger charge is -2.18. The molecule has 21 heavy (non-hydrogen) atoms. The molecule has 0 spiro atoms. The van der Waals surface area contributed by atoms with Gasteiger partial charge in [-0.05, 0) is 19.8 Å². The van der Waals surface area contributed by atoms with Crippen LogP contribution in [0.1, 0.15) is 32.6 Å². The minimum atomic E-state index is -1.22. The molecule has 0 aromatic heterocycles. The average molecular weight is 300 g/mol. The molecule has 0 unspecified atom stereocenters. The zero-order valence-corrected chi connectivity index (χ0v) is 12.0. The number of carbonyl (C=O) groups excluding carboxylic acids is 3. The number of hydrogen-bond acceptors (Lipinski definition) is 5. The smallest absolute Gasteiger partial charge is 0.326 e. The molecular weight excluding hydrogens is 280 g/mol. The van der Waals surface area contributed by atoms with E-state index in [-0.39, 0.29) is 31.9 Å². The number of aliphatic carboxylic acids is 1. The summed E-state index contributed by atoms with van der Waals surface area (Å²) < 4.78 is 4.70. The Bertz CT molecular complexity index is 423. The Morgan fingerprint density at radius 3 is 2.67 bits per heavy atom. The second-order valence-corrected chi connectivity index (χ2v) is 4.72. The van der Waals surface area contributed by atoms with Crippen molar-refractivity contribution in [2.24, 2.45) is 0 Å². The van der Waals surface area contributed by atoms with E-state index in [1.54, 1.807) is 6.92 Å². The van der Waals surface area contributed by atoms with Gasteiger partial charge in [0.15, 0.2) is 0 Å². The van der Waals surface area contributed by atoms with Crippen molar-refractivity contribution in [1.29, 1.82) is 0 Å². The number of likely N-dealkylation sites (tertiary alicyclic amines) is 1. The second kappa shape index (κ2) is 8.23. The fourth-order valence-electron chi connectivity index (χ4n) is 2.04. The Hall–Kier alpha value is -2.12. The van der Waals surface area contributed by atoms with E-state index >= 15 is 0 Å². The maximum Gasteiger partial charge on any atom is 0.326 e. The molecule has 2 amide bonds. The van der Waals surface area contributed by atoms with E-state index in [4.69, 9.17) is 9.84 Å². The third-order valence-electron chi connectivity index (χ3n) is 3.08. The molecule has 1 atom stereocenters. The van der Waals surface area contributed by atoms with Crippen LogP contribution in [0.25, 0.3) is 0 Å². The van der Waals surface area contributed by atoms with Gasteiger partial charge in [-0.3, -0.25) is 14.4 Å². The Labute approximate surface area is 122 Å². The summed E-state index contributed by atoms with van der Waals surface area (Å²) in [6, 6.07) is -1.17. The molecule has 118 valence electrons. The molecule has 1 saturated heterocycles. The van der Waals surface area contributed by atoms with Gasteiger partial charge in [0.2, 0.25) is 11.8 Å². The highest BCUT2D eigenvalue weighted by Crippen LogP contribution is 2.08. The summed E-state index contributed by atoms with van der Waals surface area (Å²) in [5.74, 6) is -2.38. The van der Waals surface area contributed by atoms with Gasteiger partial charge < -0.3 is 20.1 Å². The molecule has 0 aromatic carbocycles. The van der Waals surface area contributed by atoms with Crippen molar-refractivity contribution in [1.82, 2.24) is 10.2 Å². The molecule has 0 bridgehead atoms. The number of carboxylic acid groups (broad SMARTS) is 1. The molecule has 0 aromatic rings. The van der Waals surface area contributed by atoms with Crippen LogP contribution in [0.4, 0.5) is 0 Å². The highest BCUT2D eigenvalue weighted by Gasteiger charge is 2.25. The first-order valence-corrected chi connectivity index (χ1v) is 6.89. The van der Waals surface area contributed by atoms with Crippen LogP contribution in [0.15, 0.2) is 0 Å². The predicted molar refractivity (Wildman–Crippen MR) is 71.2 cm³/mol. The molecule has 0 saturated carbocycles. The zero-order valence-electron chi connectivity index (χ0n) is 12.0. The number of hydrogen-bond donors (Lipinski definition) is 2. The minimum absolute atomic E-state index is 0.0478. The fraction of sp³-hybridized carbons (Fsp3) is 0.692. The summed E-state index contributed by atoms with van der Waals surface area (Å²) in [7, 11) is 0. The fourth-order valence-corrected chi connectivity index (χ4v) is 2.04. The standard InChI is InChI=1S/C13H20N2O6/c1-2-21-12(18)6-5-9(13(19)20)14-10(16)8-15-7-3-4-11(15)17/h9H,2-8H2,1H3,(H,14,16)(H,19,20)/t9-/m0/s1. The van der Waals surface area contributed by atoms with Gasteiger partial charge >= 0.3 is 11.9 Å². The van der Waals surface area contributed by atoms with Crippen LogP contribution >= 0.6 is 0 Å². The Morgan fingerprint density at radius 2 is 2.14 bits per heavy atom. The van der Waals surface area contributed by atoms with Gasteiger partial charge in [-0.25, -0.2) is 4.79 Å². The number of nitrogens with one attached hydrogen (secondary N) is 1. The van der Waals surface area contributed by atoms with Crippen molar-refractivity contribution in [3.8, 4) is 0 Å².